The summed E-state index contributed by atoms with van der Waals surface area (Å²) in [6.07, 6.45) is 4.91. The van der Waals surface area contributed by atoms with Crippen LogP contribution in [-0.4, -0.2) is 31.7 Å². The van der Waals surface area contributed by atoms with Gasteiger partial charge in [0.05, 0.1) is 15.7 Å². The van der Waals surface area contributed by atoms with Gasteiger partial charge in [-0.1, -0.05) is 26.7 Å². The van der Waals surface area contributed by atoms with Gasteiger partial charge in [-0.25, -0.2) is 8.42 Å². The molecule has 25 heavy (non-hydrogen) atoms. The van der Waals surface area contributed by atoms with E-state index in [9.17, 15) is 13.2 Å². The van der Waals surface area contributed by atoms with Crippen LogP contribution < -0.4 is 11.1 Å². The van der Waals surface area contributed by atoms with E-state index in [2.05, 4.69) is 5.32 Å². The number of halogens is 1. The maximum atomic E-state index is 12.6. The summed E-state index contributed by atoms with van der Waals surface area (Å²) in [6.45, 7) is 4.36. The summed E-state index contributed by atoms with van der Waals surface area (Å²) >= 11 is 0. The van der Waals surface area contributed by atoms with E-state index in [0.717, 1.165) is 38.5 Å². The Hall–Kier alpha value is -1.11. The Morgan fingerprint density at radius 3 is 2.12 bits per heavy atom. The van der Waals surface area contributed by atoms with Crippen molar-refractivity contribution in [2.75, 3.05) is 6.54 Å². The Morgan fingerprint density at radius 1 is 1.16 bits per heavy atom. The number of rotatable bonds is 7. The van der Waals surface area contributed by atoms with E-state index in [1.54, 1.807) is 24.3 Å². The molecular weight excluding hydrogens is 360 g/mol. The average Bonchev–Trinajstić information content (AvgIpc) is 3.15. The average molecular weight is 389 g/mol. The number of sulfone groups is 1. The van der Waals surface area contributed by atoms with E-state index in [4.69, 9.17) is 5.73 Å². The van der Waals surface area contributed by atoms with Crippen molar-refractivity contribution in [3.05, 3.63) is 29.8 Å². The van der Waals surface area contributed by atoms with Crippen LogP contribution in [0.1, 0.15) is 62.7 Å². The zero-order chi connectivity index (χ0) is 17.8. The Kier molecular flexibility index (Phi) is 7.90. The second kappa shape index (κ2) is 9.01. The predicted octanol–water partition coefficient (Wildman–Crippen LogP) is 3.07. The quantitative estimate of drug-likeness (QED) is 0.751. The van der Waals surface area contributed by atoms with Crippen LogP contribution in [-0.2, 0) is 9.84 Å². The number of benzene rings is 1. The minimum absolute atomic E-state index is 0. The molecule has 0 radical (unpaired) electrons. The summed E-state index contributed by atoms with van der Waals surface area (Å²) in [5, 5.41) is 2.72. The molecule has 0 saturated heterocycles. The molecule has 0 aromatic heterocycles. The number of nitrogens with two attached hydrogens (primary N) is 1. The van der Waals surface area contributed by atoms with Crippen molar-refractivity contribution >= 4 is 28.2 Å². The first kappa shape index (κ1) is 21.9. The predicted molar refractivity (Wildman–Crippen MR) is 103 cm³/mol. The van der Waals surface area contributed by atoms with Crippen molar-refractivity contribution in [2.45, 2.75) is 68.1 Å². The highest BCUT2D eigenvalue weighted by Crippen LogP contribution is 2.29. The molecule has 1 aromatic carbocycles. The summed E-state index contributed by atoms with van der Waals surface area (Å²) < 4.78 is 25.1. The zero-order valence-electron chi connectivity index (χ0n) is 15.0. The molecule has 5 nitrogen and oxygen atoms in total. The maximum Gasteiger partial charge on any atom is 0.251 e. The minimum atomic E-state index is -3.28. The summed E-state index contributed by atoms with van der Waals surface area (Å²) in [6, 6.07) is 6.27. The topological polar surface area (TPSA) is 89.3 Å². The van der Waals surface area contributed by atoms with Gasteiger partial charge in [0, 0.05) is 12.1 Å². The Balaban J connectivity index is 0.00000312. The molecule has 1 saturated carbocycles. The van der Waals surface area contributed by atoms with E-state index < -0.39 is 15.4 Å². The lowest BCUT2D eigenvalue weighted by atomic mass is 9.92. The highest BCUT2D eigenvalue weighted by molar-refractivity contribution is 7.92. The SMILES string of the molecule is CCC(CC)(CN)NC(=O)c1ccc(S(=O)(=O)C2CCCC2)cc1.Cl. The first-order valence-corrected chi connectivity index (χ1v) is 10.3. The van der Waals surface area contributed by atoms with Crippen LogP contribution in [0.15, 0.2) is 29.2 Å². The van der Waals surface area contributed by atoms with Crippen molar-refractivity contribution in [1.82, 2.24) is 5.32 Å². The van der Waals surface area contributed by atoms with Crippen molar-refractivity contribution in [1.29, 1.82) is 0 Å². The molecule has 1 amide bonds. The van der Waals surface area contributed by atoms with Gasteiger partial charge in [-0.05, 0) is 49.9 Å². The fraction of sp³-hybridized carbons (Fsp3) is 0.611. The van der Waals surface area contributed by atoms with Crippen LogP contribution in [0.4, 0.5) is 0 Å². The lowest BCUT2D eigenvalue weighted by molar-refractivity contribution is 0.0895. The Morgan fingerprint density at radius 2 is 1.68 bits per heavy atom. The molecule has 0 unspecified atom stereocenters. The number of carbonyl (C=O) groups is 1. The summed E-state index contributed by atoms with van der Waals surface area (Å²) in [7, 11) is -3.28. The highest BCUT2D eigenvalue weighted by Gasteiger charge is 2.31. The lowest BCUT2D eigenvalue weighted by Crippen LogP contribution is -2.52. The number of hydrogen-bond acceptors (Lipinski definition) is 4. The van der Waals surface area contributed by atoms with Crippen LogP contribution in [0, 0.1) is 0 Å². The van der Waals surface area contributed by atoms with Gasteiger partial charge in [0.1, 0.15) is 0 Å². The third-order valence-electron chi connectivity index (χ3n) is 5.31. The molecule has 0 aliphatic heterocycles. The van der Waals surface area contributed by atoms with E-state index in [-0.39, 0.29) is 23.6 Å². The second-order valence-corrected chi connectivity index (χ2v) is 8.85. The normalized spacial score (nSPS) is 15.6. The standard InChI is InChI=1S/C18H28N2O3S.ClH/c1-3-18(4-2,13-19)20-17(21)14-9-11-16(12-10-14)24(22,23)15-7-5-6-8-15;/h9-12,15H,3-8,13,19H2,1-2H3,(H,20,21);1H. The summed E-state index contributed by atoms with van der Waals surface area (Å²) in [4.78, 5) is 12.7. The van der Waals surface area contributed by atoms with Crippen molar-refractivity contribution in [3.8, 4) is 0 Å². The van der Waals surface area contributed by atoms with Crippen molar-refractivity contribution < 1.29 is 13.2 Å². The molecule has 2 rings (SSSR count). The maximum absolute atomic E-state index is 12.6. The van der Waals surface area contributed by atoms with Gasteiger partial charge in [0.25, 0.3) is 5.91 Å². The summed E-state index contributed by atoms with van der Waals surface area (Å²) in [5.41, 5.74) is 5.86. The molecule has 1 fully saturated rings. The van der Waals surface area contributed by atoms with Gasteiger partial charge in [-0.2, -0.15) is 0 Å². The molecule has 1 aliphatic rings. The molecule has 142 valence electrons. The molecule has 0 bridgehead atoms. The third kappa shape index (κ3) is 4.74. The van der Waals surface area contributed by atoms with E-state index in [0.29, 0.717) is 17.0 Å². The molecule has 7 heteroatoms. The van der Waals surface area contributed by atoms with Crippen LogP contribution >= 0.6 is 12.4 Å². The van der Waals surface area contributed by atoms with Crippen LogP contribution in [0.5, 0.6) is 0 Å². The first-order valence-electron chi connectivity index (χ1n) is 8.75. The Bertz CT molecular complexity index is 656. The molecule has 0 spiro atoms. The van der Waals surface area contributed by atoms with Gasteiger partial charge in [-0.15, -0.1) is 12.4 Å². The first-order chi connectivity index (χ1) is 11.4. The zero-order valence-corrected chi connectivity index (χ0v) is 16.6. The van der Waals surface area contributed by atoms with Gasteiger partial charge >= 0.3 is 0 Å². The van der Waals surface area contributed by atoms with Gasteiger partial charge in [-0.3, -0.25) is 4.79 Å². The van der Waals surface area contributed by atoms with Crippen LogP contribution in [0.2, 0.25) is 0 Å². The molecule has 0 heterocycles. The summed E-state index contributed by atoms with van der Waals surface area (Å²) in [5.74, 6) is -0.214. The van der Waals surface area contributed by atoms with Crippen LogP contribution in [0.25, 0.3) is 0 Å². The minimum Gasteiger partial charge on any atom is -0.345 e. The lowest BCUT2D eigenvalue weighted by Gasteiger charge is -2.31. The number of nitrogens with one attached hydrogen (secondary N) is 1. The van der Waals surface area contributed by atoms with Gasteiger partial charge in [0.2, 0.25) is 0 Å². The Labute approximate surface area is 157 Å². The smallest absolute Gasteiger partial charge is 0.251 e. The molecule has 0 atom stereocenters. The molecule has 1 aliphatic carbocycles. The molecular formula is C18H29ClN2O3S. The van der Waals surface area contributed by atoms with Gasteiger partial charge < -0.3 is 11.1 Å². The monoisotopic (exact) mass is 388 g/mol. The second-order valence-electron chi connectivity index (χ2n) is 6.62. The fourth-order valence-electron chi connectivity index (χ4n) is 3.27. The van der Waals surface area contributed by atoms with E-state index in [1.807, 2.05) is 13.8 Å². The van der Waals surface area contributed by atoms with Crippen LogP contribution in [0.3, 0.4) is 0 Å². The number of carbonyl (C=O) groups excluding carboxylic acids is 1. The van der Waals surface area contributed by atoms with Crippen molar-refractivity contribution in [2.24, 2.45) is 5.73 Å². The van der Waals surface area contributed by atoms with Gasteiger partial charge in [0.15, 0.2) is 9.84 Å². The number of hydrogen-bond donors (Lipinski definition) is 2. The third-order valence-corrected chi connectivity index (χ3v) is 7.59. The highest BCUT2D eigenvalue weighted by atomic mass is 35.5. The van der Waals surface area contributed by atoms with E-state index in [1.165, 1.54) is 0 Å². The van der Waals surface area contributed by atoms with Crippen molar-refractivity contribution in [3.63, 3.8) is 0 Å². The largest absolute Gasteiger partial charge is 0.345 e. The molecule has 1 aromatic rings. The molecule has 3 N–H and O–H groups in total. The van der Waals surface area contributed by atoms with E-state index >= 15 is 0 Å². The number of amides is 1. The fourth-order valence-corrected chi connectivity index (χ4v) is 5.12.